The Hall–Kier alpha value is -2.22. The van der Waals surface area contributed by atoms with E-state index in [0.717, 1.165) is 0 Å². The molecule has 0 atom stereocenters. The number of benzene rings is 1. The van der Waals surface area contributed by atoms with Crippen LogP contribution in [-0.2, 0) is 5.75 Å². The number of nitrogens with one attached hydrogen (secondary N) is 1. The van der Waals surface area contributed by atoms with Crippen LogP contribution in [0.4, 0.5) is 5.69 Å². The Morgan fingerprint density at radius 2 is 2.24 bits per heavy atom. The number of anilines is 1. The van der Waals surface area contributed by atoms with Crippen molar-refractivity contribution in [2.45, 2.75) is 30.8 Å². The third-order valence-electron chi connectivity index (χ3n) is 2.94. The van der Waals surface area contributed by atoms with E-state index in [4.69, 9.17) is 5.73 Å². The van der Waals surface area contributed by atoms with Crippen molar-refractivity contribution in [2.75, 3.05) is 5.73 Å². The van der Waals surface area contributed by atoms with Crippen LogP contribution in [0.2, 0.25) is 0 Å². The first-order valence-corrected chi connectivity index (χ1v) is 7.30. The summed E-state index contributed by atoms with van der Waals surface area (Å²) < 4.78 is 1.53. The zero-order valence-electron chi connectivity index (χ0n) is 11.7. The number of hydrogen-bond donors (Lipinski definition) is 3. The van der Waals surface area contributed by atoms with Gasteiger partial charge in [-0.1, -0.05) is 23.9 Å². The molecule has 0 aliphatic rings. The van der Waals surface area contributed by atoms with E-state index >= 15 is 0 Å². The number of nitrogens with two attached hydrogens (primary N) is 1. The van der Waals surface area contributed by atoms with Gasteiger partial charge >= 0.3 is 11.7 Å². The Morgan fingerprint density at radius 3 is 2.86 bits per heavy atom. The Bertz CT molecular complexity index is 720. The van der Waals surface area contributed by atoms with Gasteiger partial charge in [0, 0.05) is 17.5 Å². The topological polar surface area (TPSA) is 114 Å². The molecule has 2 aromatic rings. The summed E-state index contributed by atoms with van der Waals surface area (Å²) in [7, 11) is 0. The second kappa shape index (κ2) is 6.04. The number of carbonyl (C=O) groups is 1. The SMILES string of the molecule is CC(C)n1c(SCc2cccc(N)c2C(=O)O)n[nH]c1=O. The van der Waals surface area contributed by atoms with E-state index in [2.05, 4.69) is 10.2 Å². The highest BCUT2D eigenvalue weighted by Gasteiger charge is 2.16. The lowest BCUT2D eigenvalue weighted by molar-refractivity contribution is 0.0697. The Kier molecular flexibility index (Phi) is 4.37. The minimum atomic E-state index is -1.06. The van der Waals surface area contributed by atoms with Gasteiger partial charge in [-0.05, 0) is 25.5 Å². The van der Waals surface area contributed by atoms with Crippen LogP contribution in [0.1, 0.15) is 35.8 Å². The second-order valence-electron chi connectivity index (χ2n) is 4.75. The van der Waals surface area contributed by atoms with Gasteiger partial charge in [-0.25, -0.2) is 14.7 Å². The maximum atomic E-state index is 11.6. The largest absolute Gasteiger partial charge is 0.478 e. The summed E-state index contributed by atoms with van der Waals surface area (Å²) in [6.45, 7) is 3.76. The third kappa shape index (κ3) is 3.10. The van der Waals surface area contributed by atoms with Crippen molar-refractivity contribution in [3.63, 3.8) is 0 Å². The van der Waals surface area contributed by atoms with E-state index in [9.17, 15) is 14.7 Å². The van der Waals surface area contributed by atoms with Gasteiger partial charge in [0.25, 0.3) is 0 Å². The van der Waals surface area contributed by atoms with Crippen molar-refractivity contribution >= 4 is 23.4 Å². The molecule has 0 saturated carbocycles. The maximum Gasteiger partial charge on any atom is 0.344 e. The van der Waals surface area contributed by atoms with Gasteiger partial charge < -0.3 is 10.8 Å². The second-order valence-corrected chi connectivity index (χ2v) is 5.69. The maximum absolute atomic E-state index is 11.6. The number of thioether (sulfide) groups is 1. The highest BCUT2D eigenvalue weighted by molar-refractivity contribution is 7.98. The van der Waals surface area contributed by atoms with Gasteiger partial charge in [0.1, 0.15) is 0 Å². The molecular formula is C13H16N4O3S. The highest BCUT2D eigenvalue weighted by atomic mass is 32.2. The molecule has 0 aliphatic carbocycles. The molecule has 0 fully saturated rings. The number of carboxylic acid groups (broad SMARTS) is 1. The molecule has 7 nitrogen and oxygen atoms in total. The van der Waals surface area contributed by atoms with Crippen LogP contribution in [0.25, 0.3) is 0 Å². The van der Waals surface area contributed by atoms with Crippen molar-refractivity contribution in [2.24, 2.45) is 0 Å². The highest BCUT2D eigenvalue weighted by Crippen LogP contribution is 2.26. The Balaban J connectivity index is 2.28. The molecule has 0 spiro atoms. The van der Waals surface area contributed by atoms with Gasteiger partial charge in [0.15, 0.2) is 5.16 Å². The van der Waals surface area contributed by atoms with Crippen LogP contribution < -0.4 is 11.4 Å². The zero-order chi connectivity index (χ0) is 15.6. The molecule has 112 valence electrons. The molecule has 0 unspecified atom stereocenters. The van der Waals surface area contributed by atoms with Gasteiger partial charge in [0.2, 0.25) is 0 Å². The fraction of sp³-hybridized carbons (Fsp3) is 0.308. The van der Waals surface area contributed by atoms with Crippen molar-refractivity contribution in [1.29, 1.82) is 0 Å². The normalized spacial score (nSPS) is 11.0. The Labute approximate surface area is 125 Å². The number of aromatic amines is 1. The fourth-order valence-electron chi connectivity index (χ4n) is 1.99. The van der Waals surface area contributed by atoms with E-state index in [1.807, 2.05) is 13.8 Å². The standard InChI is InChI=1S/C13H16N4O3S/c1-7(2)17-12(20)15-16-13(17)21-6-8-4-3-5-9(14)10(8)11(18)19/h3-5,7H,6,14H2,1-2H3,(H,15,20)(H,18,19). The fourth-order valence-corrected chi connectivity index (χ4v) is 3.06. The van der Waals surface area contributed by atoms with E-state index in [0.29, 0.717) is 16.5 Å². The summed E-state index contributed by atoms with van der Waals surface area (Å²) in [5, 5.41) is 16.1. The first kappa shape index (κ1) is 15.2. The molecule has 0 amide bonds. The number of H-pyrrole nitrogens is 1. The molecule has 1 aromatic heterocycles. The number of carboxylic acids is 1. The summed E-state index contributed by atoms with van der Waals surface area (Å²) in [6, 6.07) is 4.93. The first-order chi connectivity index (χ1) is 9.91. The number of hydrogen-bond acceptors (Lipinski definition) is 5. The molecular weight excluding hydrogens is 292 g/mol. The van der Waals surface area contributed by atoms with E-state index in [1.54, 1.807) is 18.2 Å². The molecule has 0 saturated heterocycles. The van der Waals surface area contributed by atoms with Crippen LogP contribution in [0.15, 0.2) is 28.2 Å². The lowest BCUT2D eigenvalue weighted by Gasteiger charge is -2.10. The predicted octanol–water partition coefficient (Wildman–Crippen LogP) is 1.72. The minimum absolute atomic E-state index is 0.0291. The molecule has 0 aliphatic heterocycles. The van der Waals surface area contributed by atoms with Gasteiger partial charge in [-0.2, -0.15) is 0 Å². The molecule has 21 heavy (non-hydrogen) atoms. The molecule has 8 heteroatoms. The number of nitrogens with zero attached hydrogens (tertiary/aromatic N) is 2. The van der Waals surface area contributed by atoms with E-state index in [1.165, 1.54) is 16.3 Å². The number of rotatable bonds is 5. The summed E-state index contributed by atoms with van der Waals surface area (Å²) in [6.07, 6.45) is 0. The van der Waals surface area contributed by atoms with Crippen molar-refractivity contribution in [3.8, 4) is 0 Å². The Morgan fingerprint density at radius 1 is 1.52 bits per heavy atom. The average Bonchev–Trinajstić information content (AvgIpc) is 2.77. The van der Waals surface area contributed by atoms with Crippen molar-refractivity contribution in [3.05, 3.63) is 39.8 Å². The quantitative estimate of drug-likeness (QED) is 0.572. The van der Waals surface area contributed by atoms with E-state index in [-0.39, 0.29) is 23.0 Å². The van der Waals surface area contributed by atoms with Gasteiger partial charge in [0.05, 0.1) is 5.56 Å². The summed E-state index contributed by atoms with van der Waals surface area (Å²) in [4.78, 5) is 22.9. The van der Waals surface area contributed by atoms with E-state index < -0.39 is 5.97 Å². The zero-order valence-corrected chi connectivity index (χ0v) is 12.5. The summed E-state index contributed by atoms with van der Waals surface area (Å²) in [5.74, 6) is -0.698. The average molecular weight is 308 g/mol. The smallest absolute Gasteiger partial charge is 0.344 e. The summed E-state index contributed by atoms with van der Waals surface area (Å²) >= 11 is 1.29. The van der Waals surface area contributed by atoms with Crippen LogP contribution in [0, 0.1) is 0 Å². The number of aromatic carboxylic acids is 1. The first-order valence-electron chi connectivity index (χ1n) is 6.32. The van der Waals surface area contributed by atoms with Crippen molar-refractivity contribution in [1.82, 2.24) is 14.8 Å². The summed E-state index contributed by atoms with van der Waals surface area (Å²) in [5.41, 5.74) is 6.34. The lowest BCUT2D eigenvalue weighted by atomic mass is 10.1. The molecule has 4 N–H and O–H groups in total. The van der Waals surface area contributed by atoms with Crippen LogP contribution >= 0.6 is 11.8 Å². The number of aromatic nitrogens is 3. The molecule has 0 bridgehead atoms. The van der Waals surface area contributed by atoms with Gasteiger partial charge in [-0.15, -0.1) is 5.10 Å². The number of nitrogen functional groups attached to an aromatic ring is 1. The molecule has 1 heterocycles. The lowest BCUT2D eigenvalue weighted by Crippen LogP contribution is -2.19. The molecule has 2 rings (SSSR count). The van der Waals surface area contributed by atoms with Crippen LogP contribution in [0.3, 0.4) is 0 Å². The van der Waals surface area contributed by atoms with Gasteiger partial charge in [-0.3, -0.25) is 4.57 Å². The molecule has 1 aromatic carbocycles. The molecule has 0 radical (unpaired) electrons. The van der Waals surface area contributed by atoms with Crippen molar-refractivity contribution < 1.29 is 9.90 Å². The van der Waals surface area contributed by atoms with Crippen LogP contribution in [-0.4, -0.2) is 25.8 Å². The minimum Gasteiger partial charge on any atom is -0.478 e. The third-order valence-corrected chi connectivity index (χ3v) is 3.94. The predicted molar refractivity (Wildman–Crippen MR) is 80.6 cm³/mol. The monoisotopic (exact) mass is 308 g/mol. The van der Waals surface area contributed by atoms with Crippen LogP contribution in [0.5, 0.6) is 0 Å².